The molecule has 1 saturated carbocycles. The molecule has 51 heavy (non-hydrogen) atoms. The van der Waals surface area contributed by atoms with Gasteiger partial charge in [0.05, 0.1) is 11.7 Å². The molecule has 258 valence electrons. The van der Waals surface area contributed by atoms with Crippen molar-refractivity contribution >= 4 is 47.7 Å². The summed E-state index contributed by atoms with van der Waals surface area (Å²) in [6.07, 6.45) is 5.90. The van der Waals surface area contributed by atoms with Crippen LogP contribution >= 0.6 is 15.8 Å². The summed E-state index contributed by atoms with van der Waals surface area (Å²) >= 11 is 0. The van der Waals surface area contributed by atoms with Gasteiger partial charge in [-0.05, 0) is 99.3 Å². The molecule has 0 heterocycles. The lowest BCUT2D eigenvalue weighted by Gasteiger charge is -2.31. The fourth-order valence-electron chi connectivity index (χ4n) is 6.91. The molecule has 1 aliphatic carbocycles. The third-order valence-corrected chi connectivity index (χ3v) is 14.2. The molecule has 6 aromatic carbocycles. The Morgan fingerprint density at radius 2 is 0.902 bits per heavy atom. The van der Waals surface area contributed by atoms with Crippen molar-refractivity contribution in [2.24, 2.45) is 0 Å². The third-order valence-electron chi connectivity index (χ3n) is 9.22. The van der Waals surface area contributed by atoms with Crippen LogP contribution in [0, 0.1) is 0 Å². The molecule has 1 fully saturated rings. The molecule has 0 saturated heterocycles. The first-order valence-corrected chi connectivity index (χ1v) is 20.7. The summed E-state index contributed by atoms with van der Waals surface area (Å²) in [4.78, 5) is 0. The second kappa shape index (κ2) is 16.4. The highest BCUT2D eigenvalue weighted by atomic mass is 31.1. The molecule has 1 N–H and O–H groups in total. The maximum Gasteiger partial charge on any atom is 0.128 e. The number of hydrogen-bond acceptors (Lipinski definition) is 3. The van der Waals surface area contributed by atoms with E-state index in [0.717, 1.165) is 35.5 Å². The highest BCUT2D eigenvalue weighted by Crippen LogP contribution is 2.47. The molecule has 0 radical (unpaired) electrons. The first-order chi connectivity index (χ1) is 25.0. The Morgan fingerprint density at radius 1 is 0.510 bits per heavy atom. The Hall–Kier alpha value is -4.26. The summed E-state index contributed by atoms with van der Waals surface area (Å²) in [5, 5.41) is 18.5. The van der Waals surface area contributed by atoms with Crippen molar-refractivity contribution in [2.45, 2.75) is 57.7 Å². The molecule has 1 aliphatic rings. The van der Waals surface area contributed by atoms with E-state index in [1.165, 1.54) is 51.1 Å². The van der Waals surface area contributed by atoms with Crippen LogP contribution in [0.4, 0.5) is 0 Å². The van der Waals surface area contributed by atoms with Crippen molar-refractivity contribution in [1.82, 2.24) is 0 Å². The molecular weight excluding hydrogens is 662 g/mol. The summed E-state index contributed by atoms with van der Waals surface area (Å²) < 4.78 is 13.9. The molecule has 0 atom stereocenters. The molecule has 3 nitrogen and oxygen atoms in total. The largest absolute Gasteiger partial charge is 0.490 e. The summed E-state index contributed by atoms with van der Waals surface area (Å²) in [7, 11) is -2.00. The van der Waals surface area contributed by atoms with Crippen LogP contribution in [-0.4, -0.2) is 23.4 Å². The van der Waals surface area contributed by atoms with Gasteiger partial charge in [0.1, 0.15) is 18.1 Å². The zero-order valence-electron chi connectivity index (χ0n) is 29.5. The van der Waals surface area contributed by atoms with Gasteiger partial charge in [0.15, 0.2) is 0 Å². The second-order valence-corrected chi connectivity index (χ2v) is 18.2. The molecule has 6 aromatic rings. The molecule has 5 heteroatoms. The predicted molar refractivity (Wildman–Crippen MR) is 219 cm³/mol. The van der Waals surface area contributed by atoms with Gasteiger partial charge in [-0.25, -0.2) is 0 Å². The summed E-state index contributed by atoms with van der Waals surface area (Å²) in [5.74, 6) is 1.65. The Kier molecular flexibility index (Phi) is 11.3. The first-order valence-electron chi connectivity index (χ1n) is 18.0. The van der Waals surface area contributed by atoms with E-state index in [1.54, 1.807) is 13.8 Å². The topological polar surface area (TPSA) is 38.7 Å². The van der Waals surface area contributed by atoms with Crippen molar-refractivity contribution < 1.29 is 14.6 Å². The van der Waals surface area contributed by atoms with Crippen LogP contribution in [0.3, 0.4) is 0 Å². The van der Waals surface area contributed by atoms with Gasteiger partial charge in [-0.3, -0.25) is 0 Å². The number of aliphatic hydroxyl groups is 1. The van der Waals surface area contributed by atoms with E-state index in [2.05, 4.69) is 158 Å². The molecule has 0 amide bonds. The molecular formula is C46H46O3P2. The van der Waals surface area contributed by atoms with E-state index in [4.69, 9.17) is 9.47 Å². The molecule has 7 rings (SSSR count). The Bertz CT molecular complexity index is 1910. The molecule has 0 aliphatic heterocycles. The third kappa shape index (κ3) is 8.45. The van der Waals surface area contributed by atoms with Crippen molar-refractivity contribution in [3.63, 3.8) is 0 Å². The van der Waals surface area contributed by atoms with Gasteiger partial charge in [-0.15, -0.1) is 0 Å². The zero-order valence-corrected chi connectivity index (χ0v) is 31.3. The second-order valence-electron chi connectivity index (χ2n) is 13.8. The highest BCUT2D eigenvalue weighted by molar-refractivity contribution is 7.80. The maximum absolute atomic E-state index is 10.9. The Labute approximate surface area is 305 Å². The summed E-state index contributed by atoms with van der Waals surface area (Å²) in [5.41, 5.74) is 1.11. The van der Waals surface area contributed by atoms with E-state index in [9.17, 15) is 5.11 Å². The van der Waals surface area contributed by atoms with Gasteiger partial charge < -0.3 is 14.6 Å². The molecule has 0 spiro atoms. The zero-order chi connectivity index (χ0) is 35.0. The van der Waals surface area contributed by atoms with Crippen LogP contribution in [0.25, 0.3) is 11.1 Å². The molecule has 0 aromatic heterocycles. The van der Waals surface area contributed by atoms with Crippen LogP contribution in [0.1, 0.15) is 46.0 Å². The van der Waals surface area contributed by atoms with Crippen LogP contribution in [0.15, 0.2) is 158 Å². The fraction of sp³-hybridized carbons (Fsp3) is 0.217. The highest BCUT2D eigenvalue weighted by Gasteiger charge is 2.31. The lowest BCUT2D eigenvalue weighted by Crippen LogP contribution is -2.30. The molecule has 0 bridgehead atoms. The standard InChI is InChI=1S/C46H46O3P2/c1-46(2,47)34-48-40-30-18-32-42(50(36-22-10-4-11-23-36)37-24-12-5-13-25-37)44(40)45-41(49-35-20-8-3-9-21-35)31-19-33-43(45)51(38-26-14-6-15-27-38)39-28-16-7-17-29-39/h4-7,10-19,22-33,35,47H,3,8-9,20-21,34H2,1-2H3. The quantitative estimate of drug-likeness (QED) is 0.129. The van der Waals surface area contributed by atoms with E-state index in [-0.39, 0.29) is 12.7 Å². The van der Waals surface area contributed by atoms with E-state index in [0.29, 0.717) is 0 Å². The smallest absolute Gasteiger partial charge is 0.128 e. The average Bonchev–Trinajstić information content (AvgIpc) is 3.16. The predicted octanol–water partition coefficient (Wildman–Crippen LogP) is 8.73. The minimum Gasteiger partial charge on any atom is -0.490 e. The number of hydrogen-bond donors (Lipinski definition) is 1. The lowest BCUT2D eigenvalue weighted by atomic mass is 9.97. The first kappa shape index (κ1) is 35.2. The summed E-state index contributed by atoms with van der Waals surface area (Å²) in [6, 6.07) is 56.6. The number of ether oxygens (including phenoxy) is 2. The van der Waals surface area contributed by atoms with Gasteiger partial charge >= 0.3 is 0 Å². The average molecular weight is 709 g/mol. The number of benzene rings is 6. The Balaban J connectivity index is 1.55. The van der Waals surface area contributed by atoms with E-state index < -0.39 is 21.4 Å². The van der Waals surface area contributed by atoms with Crippen molar-refractivity contribution in [2.75, 3.05) is 6.61 Å². The van der Waals surface area contributed by atoms with E-state index >= 15 is 0 Å². The van der Waals surface area contributed by atoms with Crippen LogP contribution < -0.4 is 41.3 Å². The number of rotatable bonds is 12. The van der Waals surface area contributed by atoms with Crippen LogP contribution in [-0.2, 0) is 0 Å². The van der Waals surface area contributed by atoms with Gasteiger partial charge in [0.25, 0.3) is 0 Å². The monoisotopic (exact) mass is 708 g/mol. The van der Waals surface area contributed by atoms with Crippen molar-refractivity contribution in [3.8, 4) is 22.6 Å². The minimum atomic E-state index is -1.02. The summed E-state index contributed by atoms with van der Waals surface area (Å²) in [6.45, 7) is 3.76. The SMILES string of the molecule is CC(C)(O)COc1cccc(P(c2ccccc2)c2ccccc2)c1-c1c(OC2CCCCC2)cccc1P(c1ccccc1)c1ccccc1. The molecule has 0 unspecified atom stereocenters. The van der Waals surface area contributed by atoms with Crippen molar-refractivity contribution in [3.05, 3.63) is 158 Å². The maximum atomic E-state index is 10.9. The minimum absolute atomic E-state index is 0.157. The van der Waals surface area contributed by atoms with Crippen LogP contribution in [0.5, 0.6) is 11.5 Å². The van der Waals surface area contributed by atoms with Gasteiger partial charge in [0.2, 0.25) is 0 Å². The van der Waals surface area contributed by atoms with Crippen molar-refractivity contribution in [1.29, 1.82) is 0 Å². The van der Waals surface area contributed by atoms with Gasteiger partial charge in [-0.1, -0.05) is 152 Å². The fourth-order valence-corrected chi connectivity index (χ4v) is 11.9. The van der Waals surface area contributed by atoms with E-state index in [1.807, 2.05) is 0 Å². The van der Waals surface area contributed by atoms with Gasteiger partial charge in [-0.2, -0.15) is 0 Å². The normalized spacial score (nSPS) is 13.7. The van der Waals surface area contributed by atoms with Crippen LogP contribution in [0.2, 0.25) is 0 Å². The Morgan fingerprint density at radius 3 is 1.31 bits per heavy atom. The van der Waals surface area contributed by atoms with Gasteiger partial charge in [0, 0.05) is 11.1 Å². The lowest BCUT2D eigenvalue weighted by molar-refractivity contribution is 0.0287.